The summed E-state index contributed by atoms with van der Waals surface area (Å²) in [6, 6.07) is 19.3. The molecule has 0 saturated carbocycles. The number of para-hydroxylation sites is 1. The summed E-state index contributed by atoms with van der Waals surface area (Å²) in [6.07, 6.45) is 0. The Kier molecular flexibility index (Phi) is 4.98. The van der Waals surface area contributed by atoms with Crippen LogP contribution in [0.3, 0.4) is 0 Å². The van der Waals surface area contributed by atoms with Gasteiger partial charge < -0.3 is 18.3 Å². The number of benzene rings is 3. The van der Waals surface area contributed by atoms with Gasteiger partial charge in [0.15, 0.2) is 11.3 Å². The van der Waals surface area contributed by atoms with Crippen LogP contribution in [0.25, 0.3) is 33.3 Å². The number of ether oxygens (including phenoxy) is 2. The molecule has 0 aliphatic heterocycles. The molecule has 0 amide bonds. The smallest absolute Gasteiger partial charge is 0.343 e. The van der Waals surface area contributed by atoms with Gasteiger partial charge in [-0.2, -0.15) is 0 Å². The Labute approximate surface area is 189 Å². The zero-order chi connectivity index (χ0) is 23.1. The number of hydrogen-bond donors (Lipinski definition) is 0. The van der Waals surface area contributed by atoms with E-state index in [-0.39, 0.29) is 0 Å². The van der Waals surface area contributed by atoms with Crippen molar-refractivity contribution in [1.29, 1.82) is 0 Å². The number of fused-ring (bicyclic) bond motifs is 2. The van der Waals surface area contributed by atoms with Crippen LogP contribution in [0.2, 0.25) is 0 Å². The molecule has 6 heteroatoms. The topological polar surface area (TPSA) is 78.9 Å². The molecule has 0 radical (unpaired) electrons. The first-order chi connectivity index (χ1) is 15.9. The van der Waals surface area contributed by atoms with Gasteiger partial charge >= 0.3 is 11.6 Å². The number of carbonyl (C=O) groups excluding carboxylic acids is 1. The molecule has 0 aliphatic carbocycles. The summed E-state index contributed by atoms with van der Waals surface area (Å²) >= 11 is 0. The third-order valence-corrected chi connectivity index (χ3v) is 5.49. The minimum absolute atomic E-state index is 0.373. The average Bonchev–Trinajstić information content (AvgIpc) is 3.23. The Morgan fingerprint density at radius 1 is 0.879 bits per heavy atom. The minimum Gasteiger partial charge on any atom is -0.493 e. The van der Waals surface area contributed by atoms with Gasteiger partial charge in [-0.25, -0.2) is 9.59 Å². The Balaban J connectivity index is 1.64. The van der Waals surface area contributed by atoms with E-state index in [1.54, 1.807) is 44.4 Å². The molecule has 5 rings (SSSR count). The van der Waals surface area contributed by atoms with E-state index >= 15 is 0 Å². The molecule has 2 aromatic heterocycles. The lowest BCUT2D eigenvalue weighted by Crippen LogP contribution is -2.09. The summed E-state index contributed by atoms with van der Waals surface area (Å²) in [5.74, 6) is 0.980. The molecule has 0 aliphatic rings. The monoisotopic (exact) mass is 440 g/mol. The van der Waals surface area contributed by atoms with Gasteiger partial charge in [0.1, 0.15) is 17.1 Å². The van der Waals surface area contributed by atoms with E-state index < -0.39 is 11.6 Å². The van der Waals surface area contributed by atoms with Crippen molar-refractivity contribution in [2.75, 3.05) is 7.11 Å². The van der Waals surface area contributed by atoms with Gasteiger partial charge in [-0.05, 0) is 55.8 Å². The second-order valence-corrected chi connectivity index (χ2v) is 7.84. The van der Waals surface area contributed by atoms with Crippen LogP contribution in [0.5, 0.6) is 11.5 Å². The van der Waals surface area contributed by atoms with Gasteiger partial charge in [0.25, 0.3) is 0 Å². The fourth-order valence-electron chi connectivity index (χ4n) is 3.86. The summed E-state index contributed by atoms with van der Waals surface area (Å²) in [7, 11) is 1.57. The van der Waals surface area contributed by atoms with Crippen molar-refractivity contribution < 1.29 is 23.1 Å². The highest BCUT2D eigenvalue weighted by molar-refractivity contribution is 5.98. The summed E-state index contributed by atoms with van der Waals surface area (Å²) in [5.41, 5.74) is 3.06. The number of methoxy groups -OCH3 is 1. The Hall–Kier alpha value is -4.32. The lowest BCUT2D eigenvalue weighted by Gasteiger charge is -2.10. The Morgan fingerprint density at radius 3 is 2.48 bits per heavy atom. The molecule has 0 atom stereocenters. The zero-order valence-electron chi connectivity index (χ0n) is 18.3. The molecule has 164 valence electrons. The van der Waals surface area contributed by atoms with Crippen molar-refractivity contribution in [3.05, 3.63) is 93.8 Å². The number of rotatable bonds is 4. The first kappa shape index (κ1) is 20.6. The van der Waals surface area contributed by atoms with E-state index in [0.29, 0.717) is 50.5 Å². The lowest BCUT2D eigenvalue weighted by atomic mass is 10.0. The SMILES string of the molecule is COc1cccc2cc(-c3cc(=O)oc4cc(C)c(OC(=O)c5cccc(C)c5)cc34)oc12. The van der Waals surface area contributed by atoms with E-state index in [9.17, 15) is 9.59 Å². The van der Waals surface area contributed by atoms with Crippen molar-refractivity contribution in [3.8, 4) is 22.8 Å². The Morgan fingerprint density at radius 2 is 1.70 bits per heavy atom. The third-order valence-electron chi connectivity index (χ3n) is 5.49. The summed E-state index contributed by atoms with van der Waals surface area (Å²) in [5, 5.41) is 1.43. The van der Waals surface area contributed by atoms with Crippen molar-refractivity contribution in [3.63, 3.8) is 0 Å². The number of furan rings is 1. The van der Waals surface area contributed by atoms with Gasteiger partial charge in [-0.3, -0.25) is 0 Å². The standard InChI is InChI=1S/C27H20O6/c1-15-6-4-8-18(10-15)27(29)33-22-13-19-20(14-25(28)31-23(19)11-16(22)2)24-12-17-7-5-9-21(30-3)26(17)32-24/h4-14H,1-3H3. The summed E-state index contributed by atoms with van der Waals surface area (Å²) in [4.78, 5) is 25.0. The molecule has 5 aromatic rings. The van der Waals surface area contributed by atoms with Crippen LogP contribution in [0.15, 0.2) is 80.4 Å². The van der Waals surface area contributed by atoms with Gasteiger partial charge in [-0.1, -0.05) is 29.8 Å². The van der Waals surface area contributed by atoms with E-state index in [1.165, 1.54) is 6.07 Å². The summed E-state index contributed by atoms with van der Waals surface area (Å²) in [6.45, 7) is 3.70. The first-order valence-electron chi connectivity index (χ1n) is 10.4. The number of hydrogen-bond acceptors (Lipinski definition) is 6. The van der Waals surface area contributed by atoms with Crippen molar-refractivity contribution in [2.24, 2.45) is 0 Å². The zero-order valence-corrected chi connectivity index (χ0v) is 18.3. The molecule has 6 nitrogen and oxygen atoms in total. The largest absolute Gasteiger partial charge is 0.493 e. The molecule has 2 heterocycles. The second kappa shape index (κ2) is 7.98. The van der Waals surface area contributed by atoms with Gasteiger partial charge in [0, 0.05) is 22.4 Å². The molecular weight excluding hydrogens is 420 g/mol. The summed E-state index contributed by atoms with van der Waals surface area (Å²) < 4.78 is 22.6. The molecule has 0 fully saturated rings. The van der Waals surface area contributed by atoms with Crippen LogP contribution in [-0.4, -0.2) is 13.1 Å². The highest BCUT2D eigenvalue weighted by atomic mass is 16.5. The lowest BCUT2D eigenvalue weighted by molar-refractivity contribution is 0.0733. The van der Waals surface area contributed by atoms with Crippen LogP contribution in [0.1, 0.15) is 21.5 Å². The highest BCUT2D eigenvalue weighted by Crippen LogP contribution is 2.37. The normalized spacial score (nSPS) is 11.1. The average molecular weight is 440 g/mol. The Bertz CT molecular complexity index is 1590. The van der Waals surface area contributed by atoms with Crippen molar-refractivity contribution in [2.45, 2.75) is 13.8 Å². The minimum atomic E-state index is -0.506. The molecular formula is C27H20O6. The predicted octanol–water partition coefficient (Wildman–Crippen LogP) is 6.05. The molecule has 33 heavy (non-hydrogen) atoms. The van der Waals surface area contributed by atoms with Crippen LogP contribution in [0.4, 0.5) is 0 Å². The maximum atomic E-state index is 12.7. The highest BCUT2D eigenvalue weighted by Gasteiger charge is 2.18. The third kappa shape index (κ3) is 3.76. The quantitative estimate of drug-likeness (QED) is 0.192. The molecule has 3 aromatic carbocycles. The van der Waals surface area contributed by atoms with Gasteiger partial charge in [-0.15, -0.1) is 0 Å². The molecule has 0 unspecified atom stereocenters. The van der Waals surface area contributed by atoms with Gasteiger partial charge in [0.2, 0.25) is 0 Å². The van der Waals surface area contributed by atoms with Crippen LogP contribution < -0.4 is 15.1 Å². The number of aryl methyl sites for hydroxylation is 2. The van der Waals surface area contributed by atoms with Gasteiger partial charge in [0.05, 0.1) is 12.7 Å². The van der Waals surface area contributed by atoms with E-state index in [0.717, 1.165) is 10.9 Å². The second-order valence-electron chi connectivity index (χ2n) is 7.84. The number of esters is 1. The van der Waals surface area contributed by atoms with Crippen molar-refractivity contribution in [1.82, 2.24) is 0 Å². The van der Waals surface area contributed by atoms with Crippen LogP contribution in [-0.2, 0) is 0 Å². The maximum absolute atomic E-state index is 12.7. The van der Waals surface area contributed by atoms with Crippen LogP contribution >= 0.6 is 0 Å². The fraction of sp³-hybridized carbons (Fsp3) is 0.111. The first-order valence-corrected chi connectivity index (χ1v) is 10.4. The number of carbonyl (C=O) groups is 1. The predicted molar refractivity (Wildman–Crippen MR) is 125 cm³/mol. The van der Waals surface area contributed by atoms with E-state index in [4.69, 9.17) is 18.3 Å². The fourth-order valence-corrected chi connectivity index (χ4v) is 3.86. The molecule has 0 saturated heterocycles. The van der Waals surface area contributed by atoms with E-state index in [1.807, 2.05) is 37.3 Å². The molecule has 0 spiro atoms. The molecule has 0 N–H and O–H groups in total. The van der Waals surface area contributed by atoms with Crippen molar-refractivity contribution >= 4 is 27.9 Å². The van der Waals surface area contributed by atoms with Crippen LogP contribution in [0, 0.1) is 13.8 Å². The molecule has 0 bridgehead atoms. The maximum Gasteiger partial charge on any atom is 0.343 e. The van der Waals surface area contributed by atoms with E-state index in [2.05, 4.69) is 0 Å².